The Bertz CT molecular complexity index is 790. The zero-order valence-corrected chi connectivity index (χ0v) is 17.7. The molecule has 2 aliphatic rings. The number of carbonyl (C=O) groups excluding carboxylic acids is 1. The van der Waals surface area contributed by atoms with E-state index in [4.69, 9.17) is 14.2 Å². The molecule has 0 bridgehead atoms. The van der Waals surface area contributed by atoms with E-state index in [9.17, 15) is 4.79 Å². The molecule has 4 nitrogen and oxygen atoms in total. The van der Waals surface area contributed by atoms with Gasteiger partial charge < -0.3 is 14.2 Å². The Morgan fingerprint density at radius 3 is 2.44 bits per heavy atom. The lowest BCUT2D eigenvalue weighted by molar-refractivity contribution is -0.136. The average Bonchev–Trinajstić information content (AvgIpc) is 2.65. The van der Waals surface area contributed by atoms with Crippen LogP contribution in [0.25, 0.3) is 0 Å². The summed E-state index contributed by atoms with van der Waals surface area (Å²) in [5.41, 5.74) is 5.72. The second-order valence-corrected chi connectivity index (χ2v) is 8.37. The first kappa shape index (κ1) is 19.8. The molecule has 1 aromatic carbocycles. The highest BCUT2D eigenvalue weighted by molar-refractivity contribution is 5.89. The van der Waals surface area contributed by atoms with E-state index in [0.29, 0.717) is 11.8 Å². The maximum atomic E-state index is 12.2. The first-order valence-corrected chi connectivity index (χ1v) is 9.86. The van der Waals surface area contributed by atoms with Crippen LogP contribution < -0.4 is 9.47 Å². The van der Waals surface area contributed by atoms with Gasteiger partial charge in [-0.1, -0.05) is 26.3 Å². The van der Waals surface area contributed by atoms with E-state index in [2.05, 4.69) is 33.8 Å². The van der Waals surface area contributed by atoms with Crippen molar-refractivity contribution in [1.29, 1.82) is 0 Å². The van der Waals surface area contributed by atoms with Crippen LogP contribution in [-0.2, 0) is 21.4 Å². The van der Waals surface area contributed by atoms with Gasteiger partial charge in [-0.15, -0.1) is 0 Å². The Labute approximate surface area is 162 Å². The highest BCUT2D eigenvalue weighted by Gasteiger charge is 2.48. The van der Waals surface area contributed by atoms with Crippen LogP contribution in [0.3, 0.4) is 0 Å². The average molecular weight is 373 g/mol. The number of hydrogen-bond acceptors (Lipinski definition) is 4. The molecule has 0 heterocycles. The third kappa shape index (κ3) is 2.94. The zero-order valence-electron chi connectivity index (χ0n) is 17.7. The van der Waals surface area contributed by atoms with Crippen molar-refractivity contribution in [3.63, 3.8) is 0 Å². The van der Waals surface area contributed by atoms with Gasteiger partial charge >= 0.3 is 5.97 Å². The summed E-state index contributed by atoms with van der Waals surface area (Å²) in [6, 6.07) is 2.16. The van der Waals surface area contributed by atoms with Gasteiger partial charge in [0.2, 0.25) is 0 Å². The number of fused-ring (bicyclic) bond motifs is 3. The van der Waals surface area contributed by atoms with Crippen molar-refractivity contribution < 1.29 is 19.0 Å². The van der Waals surface area contributed by atoms with Gasteiger partial charge in [0.05, 0.1) is 21.3 Å². The summed E-state index contributed by atoms with van der Waals surface area (Å²) in [5, 5.41) is 0. The van der Waals surface area contributed by atoms with Crippen molar-refractivity contribution in [3.8, 4) is 11.5 Å². The molecule has 2 unspecified atom stereocenters. The normalized spacial score (nSPS) is 24.4. The van der Waals surface area contributed by atoms with Gasteiger partial charge in [0.1, 0.15) is 11.5 Å². The van der Waals surface area contributed by atoms with Gasteiger partial charge in [0.25, 0.3) is 0 Å². The van der Waals surface area contributed by atoms with Crippen molar-refractivity contribution in [1.82, 2.24) is 0 Å². The summed E-state index contributed by atoms with van der Waals surface area (Å²) < 4.78 is 16.8. The van der Waals surface area contributed by atoms with Gasteiger partial charge in [-0.05, 0) is 50.5 Å². The van der Waals surface area contributed by atoms with Crippen molar-refractivity contribution in [2.75, 3.05) is 21.3 Å². The minimum Gasteiger partial charge on any atom is -0.496 e. The molecule has 0 saturated carbocycles. The van der Waals surface area contributed by atoms with Crippen molar-refractivity contribution in [2.45, 2.75) is 64.7 Å². The summed E-state index contributed by atoms with van der Waals surface area (Å²) in [6.45, 7) is 8.80. The lowest BCUT2D eigenvalue weighted by atomic mass is 9.56. The maximum Gasteiger partial charge on any atom is 0.333 e. The van der Waals surface area contributed by atoms with E-state index in [0.717, 1.165) is 42.8 Å². The van der Waals surface area contributed by atoms with Gasteiger partial charge in [0, 0.05) is 27.7 Å². The topological polar surface area (TPSA) is 44.8 Å². The van der Waals surface area contributed by atoms with Gasteiger partial charge in [-0.3, -0.25) is 0 Å². The van der Waals surface area contributed by atoms with Crippen LogP contribution in [0.15, 0.2) is 17.2 Å². The number of methoxy groups -OCH3 is 3. The maximum absolute atomic E-state index is 12.2. The second kappa shape index (κ2) is 7.21. The minimum absolute atomic E-state index is 0.0661. The molecule has 2 atom stereocenters. The first-order chi connectivity index (χ1) is 12.8. The van der Waals surface area contributed by atoms with Crippen molar-refractivity contribution >= 4 is 5.97 Å². The van der Waals surface area contributed by atoms with E-state index < -0.39 is 0 Å². The summed E-state index contributed by atoms with van der Waals surface area (Å²) in [4.78, 5) is 12.2. The van der Waals surface area contributed by atoms with Crippen LogP contribution in [-0.4, -0.2) is 27.3 Å². The quantitative estimate of drug-likeness (QED) is 0.703. The molecule has 1 aromatic rings. The van der Waals surface area contributed by atoms with E-state index in [1.54, 1.807) is 14.2 Å². The molecule has 0 N–H and O–H groups in total. The molecule has 0 radical (unpaired) electrons. The number of hydrogen-bond donors (Lipinski definition) is 0. The Kier molecular flexibility index (Phi) is 5.29. The summed E-state index contributed by atoms with van der Waals surface area (Å²) >= 11 is 0. The molecule has 2 aliphatic carbocycles. The molecule has 0 fully saturated rings. The van der Waals surface area contributed by atoms with Crippen LogP contribution in [0.2, 0.25) is 0 Å². The molecule has 0 saturated heterocycles. The number of benzene rings is 1. The Hall–Kier alpha value is -1.97. The first-order valence-electron chi connectivity index (χ1n) is 9.86. The molecule has 3 rings (SSSR count). The Balaban J connectivity index is 2.22. The van der Waals surface area contributed by atoms with Crippen LogP contribution in [0, 0.1) is 5.92 Å². The van der Waals surface area contributed by atoms with Crippen molar-refractivity contribution in [3.05, 3.63) is 33.9 Å². The van der Waals surface area contributed by atoms with E-state index in [-0.39, 0.29) is 11.4 Å². The number of carbonyl (C=O) groups is 1. The predicted molar refractivity (Wildman–Crippen MR) is 107 cm³/mol. The summed E-state index contributed by atoms with van der Waals surface area (Å²) in [6.07, 6.45) is 3.59. The van der Waals surface area contributed by atoms with Crippen molar-refractivity contribution in [2.24, 2.45) is 5.92 Å². The standard InChI is InChI=1S/C23H32O4/c1-13(2)17-12-19(25-5)20-16(21(17)26-6)8-9-18-14(3)15(22(24)27-7)10-11-23(18,20)4/h12-13,18H,8-11H2,1-7H3. The van der Waals surface area contributed by atoms with Crippen LogP contribution in [0.1, 0.15) is 69.6 Å². The summed E-state index contributed by atoms with van der Waals surface area (Å²) in [5.74, 6) is 2.47. The zero-order chi connectivity index (χ0) is 19.9. The molecular formula is C23H32O4. The highest BCUT2D eigenvalue weighted by Crippen LogP contribution is 2.57. The van der Waals surface area contributed by atoms with Gasteiger partial charge in [-0.2, -0.15) is 0 Å². The van der Waals surface area contributed by atoms with Crippen LogP contribution in [0.4, 0.5) is 0 Å². The van der Waals surface area contributed by atoms with E-state index >= 15 is 0 Å². The monoisotopic (exact) mass is 372 g/mol. The van der Waals surface area contributed by atoms with Gasteiger partial charge in [-0.25, -0.2) is 4.79 Å². The SMILES string of the molecule is COC(=O)C1=C(C)C2CCc3c(OC)c(C(C)C)cc(OC)c3C2(C)CC1. The summed E-state index contributed by atoms with van der Waals surface area (Å²) in [7, 11) is 4.99. The fourth-order valence-electron chi connectivity index (χ4n) is 5.36. The Morgan fingerprint density at radius 1 is 1.19 bits per heavy atom. The van der Waals surface area contributed by atoms with E-state index in [1.807, 2.05) is 0 Å². The third-order valence-corrected chi connectivity index (χ3v) is 6.77. The fraction of sp³-hybridized carbons (Fsp3) is 0.609. The van der Waals surface area contributed by atoms with E-state index in [1.165, 1.54) is 29.4 Å². The number of ether oxygens (including phenoxy) is 3. The number of allylic oxidation sites excluding steroid dienone is 1. The molecular weight excluding hydrogens is 340 g/mol. The molecule has 148 valence electrons. The molecule has 0 aliphatic heterocycles. The second-order valence-electron chi connectivity index (χ2n) is 8.37. The highest BCUT2D eigenvalue weighted by atomic mass is 16.5. The van der Waals surface area contributed by atoms with Crippen LogP contribution >= 0.6 is 0 Å². The number of rotatable bonds is 4. The van der Waals surface area contributed by atoms with Gasteiger partial charge in [0.15, 0.2) is 0 Å². The lowest BCUT2D eigenvalue weighted by Crippen LogP contribution is -2.42. The predicted octanol–water partition coefficient (Wildman–Crippen LogP) is 4.93. The number of esters is 1. The third-order valence-electron chi connectivity index (χ3n) is 6.77. The molecule has 4 heteroatoms. The molecule has 27 heavy (non-hydrogen) atoms. The minimum atomic E-state index is -0.181. The molecule has 0 spiro atoms. The Morgan fingerprint density at radius 2 is 1.89 bits per heavy atom. The molecule has 0 amide bonds. The lowest BCUT2D eigenvalue weighted by Gasteiger charge is -2.48. The largest absolute Gasteiger partial charge is 0.496 e. The van der Waals surface area contributed by atoms with Crippen LogP contribution in [0.5, 0.6) is 11.5 Å². The molecule has 0 aromatic heterocycles. The smallest absolute Gasteiger partial charge is 0.333 e. The fourth-order valence-corrected chi connectivity index (χ4v) is 5.36.